The van der Waals surface area contributed by atoms with E-state index in [0.29, 0.717) is 35.2 Å². The summed E-state index contributed by atoms with van der Waals surface area (Å²) in [5.41, 5.74) is 1.84. The number of nitrogens with one attached hydrogen (secondary N) is 3. The van der Waals surface area contributed by atoms with Crippen molar-refractivity contribution >= 4 is 38.8 Å². The van der Waals surface area contributed by atoms with Crippen molar-refractivity contribution in [3.8, 4) is 11.3 Å². The van der Waals surface area contributed by atoms with E-state index in [0.717, 1.165) is 37.3 Å². The van der Waals surface area contributed by atoms with Gasteiger partial charge in [0.05, 0.1) is 28.8 Å². The molecule has 1 amide bonds. The van der Waals surface area contributed by atoms with E-state index in [2.05, 4.69) is 25.6 Å². The van der Waals surface area contributed by atoms with Crippen LogP contribution in [0.4, 0.5) is 29.6 Å². The largest absolute Gasteiger partial charge is 0.444 e. The van der Waals surface area contributed by atoms with Gasteiger partial charge in [-0.2, -0.15) is 0 Å². The molecule has 3 N–H and O–H groups in total. The number of aromatic nitrogens is 3. The van der Waals surface area contributed by atoms with Gasteiger partial charge in [0.1, 0.15) is 16.9 Å². The molecule has 0 aliphatic heterocycles. The lowest BCUT2D eigenvalue weighted by Crippen LogP contribution is -2.42. The number of benzene rings is 1. The third kappa shape index (κ3) is 9.40. The van der Waals surface area contributed by atoms with Crippen LogP contribution in [-0.4, -0.2) is 58.8 Å². The number of alkyl halides is 2. The lowest BCUT2D eigenvalue weighted by atomic mass is 9.91. The molecular weight excluding hydrogens is 585 g/mol. The van der Waals surface area contributed by atoms with Gasteiger partial charge < -0.3 is 15.4 Å². The van der Waals surface area contributed by atoms with Crippen LogP contribution < -0.4 is 15.4 Å². The summed E-state index contributed by atoms with van der Waals surface area (Å²) in [7, 11) is -4.16. The number of carbonyl (C=O) groups is 1. The fraction of sp³-hybridized carbons (Fsp3) is 0.517. The Morgan fingerprint density at radius 3 is 2.35 bits per heavy atom. The normalized spacial score (nSPS) is 17.9. The second kappa shape index (κ2) is 12.5. The number of halogens is 3. The van der Waals surface area contributed by atoms with Crippen LogP contribution in [0.5, 0.6) is 0 Å². The molecule has 1 aromatic carbocycles. The zero-order chi connectivity index (χ0) is 31.6. The summed E-state index contributed by atoms with van der Waals surface area (Å²) in [6.07, 6.45) is 3.51. The third-order valence-electron chi connectivity index (χ3n) is 6.86. The van der Waals surface area contributed by atoms with Crippen LogP contribution in [0, 0.1) is 12.7 Å². The molecule has 3 aromatic rings. The molecule has 0 spiro atoms. The summed E-state index contributed by atoms with van der Waals surface area (Å²) in [5.74, 6) is -4.40. The van der Waals surface area contributed by atoms with E-state index in [-0.39, 0.29) is 17.8 Å². The fourth-order valence-electron chi connectivity index (χ4n) is 4.73. The molecule has 0 bridgehead atoms. The molecule has 0 saturated heterocycles. The fourth-order valence-corrected chi connectivity index (χ4v) is 5.96. The summed E-state index contributed by atoms with van der Waals surface area (Å²) in [6.45, 7) is 7.95. The maximum atomic E-state index is 14.8. The molecule has 14 heteroatoms. The average Bonchev–Trinajstić information content (AvgIpc) is 2.88. The Bertz CT molecular complexity index is 1580. The highest BCUT2D eigenvalue weighted by atomic mass is 32.2. The highest BCUT2D eigenvalue weighted by molar-refractivity contribution is 7.92. The van der Waals surface area contributed by atoms with E-state index in [1.165, 1.54) is 12.1 Å². The van der Waals surface area contributed by atoms with Gasteiger partial charge in [-0.25, -0.2) is 41.3 Å². The number of alkyl carbamates (subject to hydrolysis) is 1. The molecule has 0 radical (unpaired) electrons. The maximum Gasteiger partial charge on any atom is 0.407 e. The number of amides is 1. The highest BCUT2D eigenvalue weighted by Crippen LogP contribution is 2.28. The first-order valence-corrected chi connectivity index (χ1v) is 15.7. The predicted octanol–water partition coefficient (Wildman–Crippen LogP) is 6.17. The summed E-state index contributed by atoms with van der Waals surface area (Å²) in [4.78, 5) is 25.7. The molecule has 234 valence electrons. The lowest BCUT2D eigenvalue weighted by molar-refractivity contribution is 0.0189. The van der Waals surface area contributed by atoms with Crippen molar-refractivity contribution in [1.29, 1.82) is 0 Å². The lowest BCUT2D eigenvalue weighted by Gasteiger charge is -2.30. The van der Waals surface area contributed by atoms with Crippen LogP contribution in [0.2, 0.25) is 0 Å². The Balaban J connectivity index is 1.40. The summed E-state index contributed by atoms with van der Waals surface area (Å²) < 4.78 is 72.6. The number of hydrogen-bond acceptors (Lipinski definition) is 8. The molecule has 1 fully saturated rings. The SMILES string of the molecule is Cc1cc(-c2ccc(NS(=O)(=O)CCC(C)(F)F)c(F)c2)nc2cnc(NC3CCC(NC(=O)OC(C)(C)C)CC3)nc12. The first-order valence-electron chi connectivity index (χ1n) is 14.0. The number of ether oxygens (including phenoxy) is 1. The first kappa shape index (κ1) is 32.2. The Kier molecular flexibility index (Phi) is 9.38. The standard InChI is InChI=1S/C29H37F3N6O4S/c1-17-14-23(18-6-11-22(21(30)15-18)38-43(40,41)13-12-29(5,31)32)36-24-16-33-26(37-25(17)24)34-19-7-9-20(10-8-19)35-27(39)42-28(2,3)4/h6,11,14-16,19-20,38H,7-10,12-13H2,1-5H3,(H,35,39)(H,33,34,37). The van der Waals surface area contributed by atoms with Gasteiger partial charge in [-0.3, -0.25) is 4.72 Å². The zero-order valence-corrected chi connectivity index (χ0v) is 25.6. The minimum atomic E-state index is -4.16. The molecule has 1 aliphatic rings. The van der Waals surface area contributed by atoms with Crippen molar-refractivity contribution in [3.05, 3.63) is 41.8 Å². The average molecular weight is 623 g/mol. The van der Waals surface area contributed by atoms with Crippen LogP contribution in [0.1, 0.15) is 65.4 Å². The van der Waals surface area contributed by atoms with Crippen molar-refractivity contribution in [2.24, 2.45) is 0 Å². The number of hydrogen-bond donors (Lipinski definition) is 3. The maximum absolute atomic E-state index is 14.8. The van der Waals surface area contributed by atoms with Gasteiger partial charge in [0.15, 0.2) is 0 Å². The van der Waals surface area contributed by atoms with Gasteiger partial charge in [0.25, 0.3) is 0 Å². The monoisotopic (exact) mass is 622 g/mol. The first-order chi connectivity index (χ1) is 20.0. The summed E-state index contributed by atoms with van der Waals surface area (Å²) in [6, 6.07) is 5.78. The number of aryl methyl sites for hydroxylation is 1. The van der Waals surface area contributed by atoms with Crippen LogP contribution in [0.25, 0.3) is 22.3 Å². The van der Waals surface area contributed by atoms with Crippen LogP contribution in [-0.2, 0) is 14.8 Å². The molecule has 4 rings (SSSR count). The zero-order valence-electron chi connectivity index (χ0n) is 24.8. The number of carbonyl (C=O) groups excluding carboxylic acids is 1. The van der Waals surface area contributed by atoms with Crippen molar-refractivity contribution in [2.75, 3.05) is 15.8 Å². The van der Waals surface area contributed by atoms with Crippen LogP contribution in [0.15, 0.2) is 30.5 Å². The van der Waals surface area contributed by atoms with Gasteiger partial charge in [-0.15, -0.1) is 0 Å². The smallest absolute Gasteiger partial charge is 0.407 e. The predicted molar refractivity (Wildman–Crippen MR) is 159 cm³/mol. The van der Waals surface area contributed by atoms with Crippen molar-refractivity contribution in [2.45, 2.75) is 90.3 Å². The Labute approximate surface area is 249 Å². The van der Waals surface area contributed by atoms with E-state index < -0.39 is 45.6 Å². The van der Waals surface area contributed by atoms with Crippen LogP contribution >= 0.6 is 0 Å². The van der Waals surface area contributed by atoms with Gasteiger partial charge in [0.2, 0.25) is 21.9 Å². The van der Waals surface area contributed by atoms with E-state index in [1.807, 2.05) is 32.4 Å². The number of nitrogens with zero attached hydrogens (tertiary/aromatic N) is 3. The van der Waals surface area contributed by atoms with E-state index in [1.54, 1.807) is 12.3 Å². The molecule has 10 nitrogen and oxygen atoms in total. The topological polar surface area (TPSA) is 135 Å². The minimum Gasteiger partial charge on any atom is -0.444 e. The quantitative estimate of drug-likeness (QED) is 0.258. The highest BCUT2D eigenvalue weighted by Gasteiger charge is 2.27. The van der Waals surface area contributed by atoms with Crippen molar-refractivity contribution in [3.63, 3.8) is 0 Å². The molecule has 0 unspecified atom stereocenters. The molecule has 2 aromatic heterocycles. The number of rotatable bonds is 9. The van der Waals surface area contributed by atoms with E-state index in [9.17, 15) is 26.4 Å². The number of anilines is 2. The van der Waals surface area contributed by atoms with E-state index in [4.69, 9.17) is 4.74 Å². The molecule has 43 heavy (non-hydrogen) atoms. The molecule has 0 atom stereocenters. The molecule has 2 heterocycles. The van der Waals surface area contributed by atoms with Gasteiger partial charge >= 0.3 is 6.09 Å². The minimum absolute atomic E-state index is 0.0449. The van der Waals surface area contributed by atoms with E-state index >= 15 is 0 Å². The van der Waals surface area contributed by atoms with Crippen LogP contribution in [0.3, 0.4) is 0 Å². The van der Waals surface area contributed by atoms with Gasteiger partial charge in [0, 0.05) is 24.1 Å². The molecular formula is C29H37F3N6O4S. The van der Waals surface area contributed by atoms with Crippen molar-refractivity contribution < 1.29 is 31.1 Å². The Morgan fingerprint density at radius 1 is 1.05 bits per heavy atom. The second-order valence-electron chi connectivity index (χ2n) is 12.0. The number of sulfonamides is 1. The number of pyridine rings is 1. The number of fused-ring (bicyclic) bond motifs is 1. The third-order valence-corrected chi connectivity index (χ3v) is 8.13. The second-order valence-corrected chi connectivity index (χ2v) is 13.9. The molecule has 1 aliphatic carbocycles. The summed E-state index contributed by atoms with van der Waals surface area (Å²) >= 11 is 0. The van der Waals surface area contributed by atoms with Crippen molar-refractivity contribution in [1.82, 2.24) is 20.3 Å². The van der Waals surface area contributed by atoms with Gasteiger partial charge in [-0.1, -0.05) is 6.07 Å². The Morgan fingerprint density at radius 2 is 1.72 bits per heavy atom. The molecule has 1 saturated carbocycles. The summed E-state index contributed by atoms with van der Waals surface area (Å²) in [5, 5.41) is 6.30. The van der Waals surface area contributed by atoms with Gasteiger partial charge in [-0.05, 0) is 84.1 Å². The Hall–Kier alpha value is -3.68.